The van der Waals surface area contributed by atoms with Crippen LogP contribution in [0, 0.1) is 11.7 Å². The highest BCUT2D eigenvalue weighted by molar-refractivity contribution is 5.78. The maximum Gasteiger partial charge on any atom is 0.134 e. The number of halogens is 1. The molecule has 1 N–H and O–H groups in total. The van der Waals surface area contributed by atoms with Crippen molar-refractivity contribution in [2.24, 2.45) is 5.92 Å². The lowest BCUT2D eigenvalue weighted by Gasteiger charge is -2.25. The van der Waals surface area contributed by atoms with E-state index < -0.39 is 0 Å². The summed E-state index contributed by atoms with van der Waals surface area (Å²) in [5, 5.41) is 4.39. The Morgan fingerprint density at radius 3 is 2.67 bits per heavy atom. The first-order chi connectivity index (χ1) is 10.2. The standard InChI is InChI=1S/C18H26FNO/c1-4-7-8-13(5-2)18(20-6-3)17-12-14-11-15(19)9-10-16(14)21-17/h9-13,18,20H,4-8H2,1-3H3. The van der Waals surface area contributed by atoms with E-state index >= 15 is 0 Å². The van der Waals surface area contributed by atoms with Gasteiger partial charge in [-0.15, -0.1) is 0 Å². The summed E-state index contributed by atoms with van der Waals surface area (Å²) in [6.07, 6.45) is 4.75. The van der Waals surface area contributed by atoms with E-state index in [0.717, 1.165) is 29.7 Å². The molecule has 0 saturated carbocycles. The Bertz CT molecular complexity index is 563. The van der Waals surface area contributed by atoms with Gasteiger partial charge in [-0.25, -0.2) is 4.39 Å². The quantitative estimate of drug-likeness (QED) is 0.700. The summed E-state index contributed by atoms with van der Waals surface area (Å²) >= 11 is 0. The number of furan rings is 1. The van der Waals surface area contributed by atoms with Crippen LogP contribution in [0.5, 0.6) is 0 Å². The van der Waals surface area contributed by atoms with Gasteiger partial charge in [0.05, 0.1) is 6.04 Å². The second kappa shape index (κ2) is 7.60. The van der Waals surface area contributed by atoms with Gasteiger partial charge in [-0.1, -0.05) is 40.0 Å². The van der Waals surface area contributed by atoms with Gasteiger partial charge in [0.25, 0.3) is 0 Å². The maximum atomic E-state index is 13.3. The van der Waals surface area contributed by atoms with Crippen LogP contribution in [-0.4, -0.2) is 6.54 Å². The van der Waals surface area contributed by atoms with E-state index in [1.54, 1.807) is 12.1 Å². The van der Waals surface area contributed by atoms with Crippen LogP contribution in [0.25, 0.3) is 11.0 Å². The largest absolute Gasteiger partial charge is 0.459 e. The molecule has 2 aromatic rings. The lowest BCUT2D eigenvalue weighted by molar-refractivity contribution is 0.291. The minimum Gasteiger partial charge on any atom is -0.459 e. The van der Waals surface area contributed by atoms with E-state index in [0.29, 0.717) is 5.92 Å². The molecule has 2 unspecified atom stereocenters. The van der Waals surface area contributed by atoms with Crippen molar-refractivity contribution in [1.82, 2.24) is 5.32 Å². The first-order valence-electron chi connectivity index (χ1n) is 8.11. The molecule has 1 aromatic heterocycles. The van der Waals surface area contributed by atoms with Gasteiger partial charge in [-0.3, -0.25) is 0 Å². The highest BCUT2D eigenvalue weighted by atomic mass is 19.1. The van der Waals surface area contributed by atoms with E-state index in [9.17, 15) is 4.39 Å². The van der Waals surface area contributed by atoms with Crippen molar-refractivity contribution in [3.63, 3.8) is 0 Å². The topological polar surface area (TPSA) is 25.2 Å². The van der Waals surface area contributed by atoms with Crippen molar-refractivity contribution in [3.8, 4) is 0 Å². The van der Waals surface area contributed by atoms with E-state index in [1.807, 2.05) is 6.07 Å². The third kappa shape index (κ3) is 3.85. The smallest absolute Gasteiger partial charge is 0.134 e. The van der Waals surface area contributed by atoms with Gasteiger partial charge < -0.3 is 9.73 Å². The predicted octanol–water partition coefficient (Wildman–Crippen LogP) is 5.44. The summed E-state index contributed by atoms with van der Waals surface area (Å²) in [6.45, 7) is 7.46. The van der Waals surface area contributed by atoms with Crippen LogP contribution >= 0.6 is 0 Å². The minimum atomic E-state index is -0.215. The fourth-order valence-electron chi connectivity index (χ4n) is 2.98. The fraction of sp³-hybridized carbons (Fsp3) is 0.556. The molecule has 3 heteroatoms. The first-order valence-corrected chi connectivity index (χ1v) is 8.11. The molecule has 0 amide bonds. The summed E-state index contributed by atoms with van der Waals surface area (Å²) in [4.78, 5) is 0. The van der Waals surface area contributed by atoms with E-state index in [2.05, 4.69) is 26.1 Å². The van der Waals surface area contributed by atoms with Crippen molar-refractivity contribution in [1.29, 1.82) is 0 Å². The van der Waals surface area contributed by atoms with Gasteiger partial charge in [-0.2, -0.15) is 0 Å². The molecule has 2 atom stereocenters. The molecule has 21 heavy (non-hydrogen) atoms. The Hall–Kier alpha value is -1.35. The molecule has 0 aliphatic heterocycles. The Morgan fingerprint density at radius 2 is 2.00 bits per heavy atom. The van der Waals surface area contributed by atoms with Crippen molar-refractivity contribution < 1.29 is 8.81 Å². The van der Waals surface area contributed by atoms with Crippen LogP contribution in [0.15, 0.2) is 28.7 Å². The molecule has 2 rings (SSSR count). The zero-order valence-corrected chi connectivity index (χ0v) is 13.3. The fourth-order valence-corrected chi connectivity index (χ4v) is 2.98. The molecule has 0 aliphatic carbocycles. The van der Waals surface area contributed by atoms with Crippen LogP contribution in [0.3, 0.4) is 0 Å². The molecular formula is C18H26FNO. The van der Waals surface area contributed by atoms with Crippen LogP contribution in [0.1, 0.15) is 58.3 Å². The molecule has 0 fully saturated rings. The lowest BCUT2D eigenvalue weighted by atomic mass is 9.89. The summed E-state index contributed by atoms with van der Waals surface area (Å²) in [7, 11) is 0. The zero-order chi connectivity index (χ0) is 15.2. The molecule has 0 spiro atoms. The Kier molecular flexibility index (Phi) is 5.80. The second-order valence-electron chi connectivity index (χ2n) is 5.68. The Morgan fingerprint density at radius 1 is 1.19 bits per heavy atom. The van der Waals surface area contributed by atoms with Crippen LogP contribution in [-0.2, 0) is 0 Å². The maximum absolute atomic E-state index is 13.3. The monoisotopic (exact) mass is 291 g/mol. The van der Waals surface area contributed by atoms with Gasteiger partial charge in [0, 0.05) is 5.39 Å². The minimum absolute atomic E-state index is 0.210. The van der Waals surface area contributed by atoms with Crippen molar-refractivity contribution in [2.45, 2.75) is 52.5 Å². The third-order valence-corrected chi connectivity index (χ3v) is 4.15. The van der Waals surface area contributed by atoms with Crippen LogP contribution < -0.4 is 5.32 Å². The average Bonchev–Trinajstić information content (AvgIpc) is 2.89. The van der Waals surface area contributed by atoms with Crippen LogP contribution in [0.2, 0.25) is 0 Å². The number of fused-ring (bicyclic) bond motifs is 1. The van der Waals surface area contributed by atoms with Gasteiger partial charge in [0.2, 0.25) is 0 Å². The average molecular weight is 291 g/mol. The highest BCUT2D eigenvalue weighted by Crippen LogP contribution is 2.32. The molecule has 0 radical (unpaired) electrons. The molecule has 1 aromatic carbocycles. The van der Waals surface area contributed by atoms with Gasteiger partial charge in [0.15, 0.2) is 0 Å². The number of nitrogens with one attached hydrogen (secondary N) is 1. The predicted molar refractivity (Wildman–Crippen MR) is 85.9 cm³/mol. The van der Waals surface area contributed by atoms with Crippen molar-refractivity contribution in [3.05, 3.63) is 35.8 Å². The van der Waals surface area contributed by atoms with Crippen molar-refractivity contribution in [2.75, 3.05) is 6.54 Å². The lowest BCUT2D eigenvalue weighted by Crippen LogP contribution is -2.27. The summed E-state index contributed by atoms with van der Waals surface area (Å²) in [5.74, 6) is 1.27. The Labute approximate surface area is 126 Å². The molecule has 0 bridgehead atoms. The number of rotatable bonds is 8. The first kappa shape index (κ1) is 16.0. The summed E-state index contributed by atoms with van der Waals surface area (Å²) < 4.78 is 19.3. The van der Waals surface area contributed by atoms with Crippen LogP contribution in [0.4, 0.5) is 4.39 Å². The number of unbranched alkanes of at least 4 members (excludes halogenated alkanes) is 1. The summed E-state index contributed by atoms with van der Waals surface area (Å²) in [5.41, 5.74) is 0.764. The number of benzene rings is 1. The Balaban J connectivity index is 2.29. The molecule has 1 heterocycles. The molecule has 0 aliphatic rings. The van der Waals surface area contributed by atoms with E-state index in [4.69, 9.17) is 4.42 Å². The zero-order valence-electron chi connectivity index (χ0n) is 13.3. The highest BCUT2D eigenvalue weighted by Gasteiger charge is 2.24. The molecular weight excluding hydrogens is 265 g/mol. The summed E-state index contributed by atoms with van der Waals surface area (Å²) in [6, 6.07) is 6.90. The molecule has 116 valence electrons. The molecule has 0 saturated heterocycles. The third-order valence-electron chi connectivity index (χ3n) is 4.15. The van der Waals surface area contributed by atoms with Gasteiger partial charge in [-0.05, 0) is 43.1 Å². The van der Waals surface area contributed by atoms with E-state index in [1.165, 1.54) is 25.3 Å². The van der Waals surface area contributed by atoms with Gasteiger partial charge in [0.1, 0.15) is 17.2 Å². The van der Waals surface area contributed by atoms with Crippen molar-refractivity contribution >= 4 is 11.0 Å². The number of hydrogen-bond donors (Lipinski definition) is 1. The van der Waals surface area contributed by atoms with Gasteiger partial charge >= 0.3 is 0 Å². The normalized spacial score (nSPS) is 14.5. The van der Waals surface area contributed by atoms with E-state index in [-0.39, 0.29) is 11.9 Å². The number of hydrogen-bond acceptors (Lipinski definition) is 2. The second-order valence-corrected chi connectivity index (χ2v) is 5.68. The molecule has 2 nitrogen and oxygen atoms in total. The SMILES string of the molecule is CCCCC(CC)C(NCC)c1cc2cc(F)ccc2o1.